The SMILES string of the molecule is CC(C)(/C=C/CO)CO. The molecule has 0 unspecified atom stereocenters. The molecule has 2 heteroatoms. The summed E-state index contributed by atoms with van der Waals surface area (Å²) >= 11 is 0. The van der Waals surface area contributed by atoms with E-state index in [1.54, 1.807) is 12.2 Å². The highest BCUT2D eigenvalue weighted by atomic mass is 16.3. The molecular formula is C7H14O2. The summed E-state index contributed by atoms with van der Waals surface area (Å²) in [5.41, 5.74) is -0.192. The maximum atomic E-state index is 8.69. The van der Waals surface area contributed by atoms with Gasteiger partial charge in [0.1, 0.15) is 0 Å². The van der Waals surface area contributed by atoms with E-state index in [9.17, 15) is 0 Å². The molecule has 0 rings (SSSR count). The zero-order valence-electron chi connectivity index (χ0n) is 5.96. The second-order valence-corrected chi connectivity index (χ2v) is 2.73. The molecular weight excluding hydrogens is 116 g/mol. The van der Waals surface area contributed by atoms with E-state index in [2.05, 4.69) is 0 Å². The Bertz CT molecular complexity index is 95.1. The van der Waals surface area contributed by atoms with E-state index in [0.29, 0.717) is 0 Å². The second kappa shape index (κ2) is 3.64. The first-order valence-corrected chi connectivity index (χ1v) is 3.02. The van der Waals surface area contributed by atoms with Gasteiger partial charge in [0.05, 0.1) is 13.2 Å². The summed E-state index contributed by atoms with van der Waals surface area (Å²) in [6, 6.07) is 0. The first-order chi connectivity index (χ1) is 4.12. The van der Waals surface area contributed by atoms with Gasteiger partial charge in [-0.25, -0.2) is 0 Å². The van der Waals surface area contributed by atoms with Crippen molar-refractivity contribution in [1.29, 1.82) is 0 Å². The number of hydrogen-bond acceptors (Lipinski definition) is 2. The number of aliphatic hydroxyl groups excluding tert-OH is 2. The van der Waals surface area contributed by atoms with Crippen molar-refractivity contribution in [3.63, 3.8) is 0 Å². The lowest BCUT2D eigenvalue weighted by Crippen LogP contribution is -2.12. The van der Waals surface area contributed by atoms with Gasteiger partial charge in [-0.2, -0.15) is 0 Å². The van der Waals surface area contributed by atoms with Crippen LogP contribution < -0.4 is 0 Å². The molecule has 2 nitrogen and oxygen atoms in total. The Hall–Kier alpha value is -0.340. The Morgan fingerprint density at radius 2 is 1.89 bits per heavy atom. The molecule has 0 aromatic carbocycles. The molecule has 0 amide bonds. The summed E-state index contributed by atoms with van der Waals surface area (Å²) < 4.78 is 0. The summed E-state index contributed by atoms with van der Waals surface area (Å²) in [5.74, 6) is 0. The fourth-order valence-electron chi connectivity index (χ4n) is 0.424. The molecule has 0 aromatic rings. The molecule has 0 radical (unpaired) electrons. The third-order valence-corrected chi connectivity index (χ3v) is 1.08. The summed E-state index contributed by atoms with van der Waals surface area (Å²) in [4.78, 5) is 0. The minimum atomic E-state index is -0.192. The lowest BCUT2D eigenvalue weighted by atomic mass is 9.95. The maximum absolute atomic E-state index is 8.69. The van der Waals surface area contributed by atoms with Crippen LogP contribution in [-0.2, 0) is 0 Å². The van der Waals surface area contributed by atoms with Crippen molar-refractivity contribution in [2.24, 2.45) is 5.41 Å². The summed E-state index contributed by atoms with van der Waals surface area (Å²) in [5, 5.41) is 17.0. The first-order valence-electron chi connectivity index (χ1n) is 3.02. The Balaban J connectivity index is 3.70. The highest BCUT2D eigenvalue weighted by molar-refractivity contribution is 4.93. The third kappa shape index (κ3) is 4.18. The van der Waals surface area contributed by atoms with Gasteiger partial charge >= 0.3 is 0 Å². The van der Waals surface area contributed by atoms with Crippen molar-refractivity contribution in [1.82, 2.24) is 0 Å². The average molecular weight is 130 g/mol. The molecule has 0 atom stereocenters. The normalized spacial score (nSPS) is 12.9. The van der Waals surface area contributed by atoms with Crippen LogP contribution in [0.3, 0.4) is 0 Å². The lowest BCUT2D eigenvalue weighted by Gasteiger charge is -2.14. The predicted octanol–water partition coefficient (Wildman–Crippen LogP) is 0.553. The number of hydrogen-bond donors (Lipinski definition) is 2. The minimum Gasteiger partial charge on any atom is -0.395 e. The lowest BCUT2D eigenvalue weighted by molar-refractivity contribution is 0.198. The monoisotopic (exact) mass is 130 g/mol. The largest absolute Gasteiger partial charge is 0.395 e. The molecule has 54 valence electrons. The Morgan fingerprint density at radius 3 is 2.22 bits per heavy atom. The molecule has 0 heterocycles. The van der Waals surface area contributed by atoms with Gasteiger partial charge in [-0.3, -0.25) is 0 Å². The van der Waals surface area contributed by atoms with Gasteiger partial charge in [-0.05, 0) is 0 Å². The molecule has 0 saturated heterocycles. The molecule has 0 aliphatic heterocycles. The highest BCUT2D eigenvalue weighted by Gasteiger charge is 2.09. The van der Waals surface area contributed by atoms with Gasteiger partial charge < -0.3 is 10.2 Å². The van der Waals surface area contributed by atoms with Crippen LogP contribution in [0.2, 0.25) is 0 Å². The van der Waals surface area contributed by atoms with E-state index < -0.39 is 0 Å². The average Bonchev–Trinajstić information content (AvgIpc) is 1.84. The number of rotatable bonds is 3. The molecule has 0 aliphatic rings. The third-order valence-electron chi connectivity index (χ3n) is 1.08. The molecule has 0 spiro atoms. The van der Waals surface area contributed by atoms with Crippen LogP contribution in [0, 0.1) is 5.41 Å². The van der Waals surface area contributed by atoms with Gasteiger partial charge in [0, 0.05) is 5.41 Å². The van der Waals surface area contributed by atoms with Crippen LogP contribution in [0.5, 0.6) is 0 Å². The van der Waals surface area contributed by atoms with E-state index in [1.807, 2.05) is 13.8 Å². The van der Waals surface area contributed by atoms with Crippen LogP contribution >= 0.6 is 0 Å². The second-order valence-electron chi connectivity index (χ2n) is 2.73. The van der Waals surface area contributed by atoms with E-state index in [-0.39, 0.29) is 18.6 Å². The van der Waals surface area contributed by atoms with Crippen molar-refractivity contribution >= 4 is 0 Å². The smallest absolute Gasteiger partial charge is 0.0612 e. The molecule has 2 N–H and O–H groups in total. The molecule has 0 aromatic heterocycles. The fraction of sp³-hybridized carbons (Fsp3) is 0.714. The fourth-order valence-corrected chi connectivity index (χ4v) is 0.424. The van der Waals surface area contributed by atoms with Gasteiger partial charge in [0.15, 0.2) is 0 Å². The Kier molecular flexibility index (Phi) is 3.50. The van der Waals surface area contributed by atoms with Gasteiger partial charge in [0.2, 0.25) is 0 Å². The van der Waals surface area contributed by atoms with Crippen LogP contribution in [0.25, 0.3) is 0 Å². The maximum Gasteiger partial charge on any atom is 0.0612 e. The predicted molar refractivity (Wildman–Crippen MR) is 37.1 cm³/mol. The zero-order chi connectivity index (χ0) is 7.33. The van der Waals surface area contributed by atoms with E-state index in [1.165, 1.54) is 0 Å². The van der Waals surface area contributed by atoms with Crippen LogP contribution in [0.4, 0.5) is 0 Å². The topological polar surface area (TPSA) is 40.5 Å². The molecule has 9 heavy (non-hydrogen) atoms. The standard InChI is InChI=1S/C7H14O2/c1-7(2,6-9)4-3-5-8/h3-4,8-9H,5-6H2,1-2H3/b4-3+. The molecule has 0 aliphatic carbocycles. The van der Waals surface area contributed by atoms with Crippen molar-refractivity contribution < 1.29 is 10.2 Å². The summed E-state index contributed by atoms with van der Waals surface area (Å²) in [6.45, 7) is 3.96. The van der Waals surface area contributed by atoms with Crippen molar-refractivity contribution in [2.75, 3.05) is 13.2 Å². The van der Waals surface area contributed by atoms with E-state index >= 15 is 0 Å². The summed E-state index contributed by atoms with van der Waals surface area (Å²) in [6.07, 6.45) is 3.43. The van der Waals surface area contributed by atoms with Crippen molar-refractivity contribution in [2.45, 2.75) is 13.8 Å². The highest BCUT2D eigenvalue weighted by Crippen LogP contribution is 2.14. The van der Waals surface area contributed by atoms with E-state index in [4.69, 9.17) is 10.2 Å². The molecule has 0 fully saturated rings. The zero-order valence-corrected chi connectivity index (χ0v) is 5.96. The van der Waals surface area contributed by atoms with Crippen LogP contribution in [0.1, 0.15) is 13.8 Å². The van der Waals surface area contributed by atoms with Crippen molar-refractivity contribution in [3.8, 4) is 0 Å². The minimum absolute atomic E-state index is 0.0451. The van der Waals surface area contributed by atoms with Gasteiger partial charge in [0.25, 0.3) is 0 Å². The molecule has 0 saturated carbocycles. The van der Waals surface area contributed by atoms with E-state index in [0.717, 1.165) is 0 Å². The number of aliphatic hydroxyl groups is 2. The Labute approximate surface area is 55.8 Å². The van der Waals surface area contributed by atoms with Gasteiger partial charge in [-0.15, -0.1) is 0 Å². The summed E-state index contributed by atoms with van der Waals surface area (Å²) in [7, 11) is 0. The Morgan fingerprint density at radius 1 is 1.33 bits per heavy atom. The van der Waals surface area contributed by atoms with Crippen LogP contribution in [-0.4, -0.2) is 23.4 Å². The first kappa shape index (κ1) is 8.66. The molecule has 0 bridgehead atoms. The van der Waals surface area contributed by atoms with Crippen LogP contribution in [0.15, 0.2) is 12.2 Å². The van der Waals surface area contributed by atoms with Crippen molar-refractivity contribution in [3.05, 3.63) is 12.2 Å². The van der Waals surface area contributed by atoms with Gasteiger partial charge in [-0.1, -0.05) is 26.0 Å². The quantitative estimate of drug-likeness (QED) is 0.548.